The summed E-state index contributed by atoms with van der Waals surface area (Å²) < 4.78 is 0. The third-order valence-corrected chi connectivity index (χ3v) is 6.64. The lowest BCUT2D eigenvalue weighted by Gasteiger charge is -2.37. The minimum Gasteiger partial charge on any atom is -0.368 e. The van der Waals surface area contributed by atoms with Gasteiger partial charge in [-0.05, 0) is 43.5 Å². The molecule has 1 aromatic carbocycles. The van der Waals surface area contributed by atoms with E-state index in [0.29, 0.717) is 38.2 Å². The molecule has 0 N–H and O–H groups in total. The van der Waals surface area contributed by atoms with E-state index < -0.39 is 11.9 Å². The average molecular weight is 469 g/mol. The van der Waals surface area contributed by atoms with Crippen molar-refractivity contribution in [2.24, 2.45) is 10.9 Å². The molecule has 7 nitrogen and oxygen atoms in total. The van der Waals surface area contributed by atoms with Crippen LogP contribution in [0.15, 0.2) is 47.5 Å². The zero-order valence-corrected chi connectivity index (χ0v) is 19.6. The lowest BCUT2D eigenvalue weighted by molar-refractivity contribution is -0.132. The van der Waals surface area contributed by atoms with Gasteiger partial charge in [-0.2, -0.15) is 4.99 Å². The Kier molecular flexibility index (Phi) is 7.28. The van der Waals surface area contributed by atoms with E-state index >= 15 is 0 Å². The third-order valence-electron chi connectivity index (χ3n) is 6.40. The van der Waals surface area contributed by atoms with Crippen LogP contribution >= 0.6 is 11.6 Å². The topological polar surface area (TPSA) is 73.3 Å². The molecule has 1 aromatic rings. The van der Waals surface area contributed by atoms with E-state index in [1.165, 1.54) is 10.5 Å². The van der Waals surface area contributed by atoms with Crippen LogP contribution in [-0.2, 0) is 9.59 Å². The molecule has 2 heterocycles. The molecular formula is C25H29ClN4O3. The Hall–Kier alpha value is -2.93. The number of amides is 4. The first-order valence-corrected chi connectivity index (χ1v) is 11.9. The van der Waals surface area contributed by atoms with Gasteiger partial charge in [0, 0.05) is 49.9 Å². The molecule has 8 heteroatoms. The zero-order chi connectivity index (χ0) is 23.4. The quantitative estimate of drug-likeness (QED) is 0.567. The van der Waals surface area contributed by atoms with E-state index in [4.69, 9.17) is 11.6 Å². The number of anilines is 1. The number of piperazine rings is 1. The molecule has 1 unspecified atom stereocenters. The van der Waals surface area contributed by atoms with E-state index in [-0.39, 0.29) is 11.8 Å². The number of urea groups is 1. The predicted molar refractivity (Wildman–Crippen MR) is 130 cm³/mol. The number of allylic oxidation sites excluding steroid dienone is 3. The molecule has 1 atom stereocenters. The van der Waals surface area contributed by atoms with E-state index in [1.54, 1.807) is 24.3 Å². The number of hydrogen-bond acceptors (Lipinski definition) is 4. The number of imide groups is 1. The molecule has 0 bridgehead atoms. The van der Waals surface area contributed by atoms with E-state index in [2.05, 4.69) is 16.8 Å². The second-order valence-electron chi connectivity index (χ2n) is 8.64. The van der Waals surface area contributed by atoms with Gasteiger partial charge in [0.1, 0.15) is 0 Å². The van der Waals surface area contributed by atoms with Crippen LogP contribution in [0.5, 0.6) is 0 Å². The van der Waals surface area contributed by atoms with E-state index in [9.17, 15) is 14.4 Å². The van der Waals surface area contributed by atoms with Gasteiger partial charge in [0.25, 0.3) is 0 Å². The van der Waals surface area contributed by atoms with Gasteiger partial charge >= 0.3 is 6.03 Å². The second-order valence-corrected chi connectivity index (χ2v) is 9.08. The summed E-state index contributed by atoms with van der Waals surface area (Å²) in [6.07, 6.45) is 9.73. The third kappa shape index (κ3) is 5.36. The van der Waals surface area contributed by atoms with Gasteiger partial charge < -0.3 is 9.80 Å². The summed E-state index contributed by atoms with van der Waals surface area (Å²) in [7, 11) is 0. The number of hydrogen-bond donors (Lipinski definition) is 0. The molecule has 1 aliphatic carbocycles. The summed E-state index contributed by atoms with van der Waals surface area (Å²) in [5.74, 6) is -0.505. The lowest BCUT2D eigenvalue weighted by atomic mass is 9.95. The van der Waals surface area contributed by atoms with E-state index in [1.807, 2.05) is 23.1 Å². The normalized spacial score (nSPS) is 20.2. The first kappa shape index (κ1) is 23.2. The SMILES string of the molecule is Cc1ccc(Cl)cc1N1CCN(C(=O)CCCCCN2C(=O)N=C3C=CC=CC3C2=O)CC1. The summed E-state index contributed by atoms with van der Waals surface area (Å²) >= 11 is 6.15. The number of nitrogens with zero attached hydrogens (tertiary/aromatic N) is 4. The summed E-state index contributed by atoms with van der Waals surface area (Å²) in [6.45, 7) is 5.39. The molecule has 4 amide bonds. The Balaban J connectivity index is 1.17. The molecule has 33 heavy (non-hydrogen) atoms. The molecule has 0 saturated carbocycles. The van der Waals surface area contributed by atoms with Crippen LogP contribution in [0, 0.1) is 12.8 Å². The zero-order valence-electron chi connectivity index (χ0n) is 18.9. The first-order chi connectivity index (χ1) is 15.9. The van der Waals surface area contributed by atoms with Crippen molar-refractivity contribution < 1.29 is 14.4 Å². The minimum atomic E-state index is -0.491. The number of carbonyl (C=O) groups excluding carboxylic acids is 3. The first-order valence-electron chi connectivity index (χ1n) is 11.5. The minimum absolute atomic E-state index is 0.163. The van der Waals surface area contributed by atoms with Crippen molar-refractivity contribution >= 4 is 40.8 Å². The fraction of sp³-hybridized carbons (Fsp3) is 0.440. The highest BCUT2D eigenvalue weighted by atomic mass is 35.5. The Morgan fingerprint density at radius 2 is 1.88 bits per heavy atom. The molecule has 4 rings (SSSR count). The van der Waals surface area contributed by atoms with Crippen LogP contribution in [0.4, 0.5) is 10.5 Å². The smallest absolute Gasteiger partial charge is 0.350 e. The van der Waals surface area contributed by atoms with Crippen molar-refractivity contribution in [1.29, 1.82) is 0 Å². The number of aliphatic imine (C=N–C) groups is 1. The predicted octanol–water partition coefficient (Wildman–Crippen LogP) is 4.00. The largest absolute Gasteiger partial charge is 0.368 e. The van der Waals surface area contributed by atoms with Crippen LogP contribution in [0.1, 0.15) is 31.2 Å². The Morgan fingerprint density at radius 1 is 1.09 bits per heavy atom. The van der Waals surface area contributed by atoms with Crippen LogP contribution in [0.3, 0.4) is 0 Å². The summed E-state index contributed by atoms with van der Waals surface area (Å²) in [6, 6.07) is 5.41. The highest BCUT2D eigenvalue weighted by molar-refractivity contribution is 6.30. The van der Waals surface area contributed by atoms with Crippen molar-refractivity contribution in [3.63, 3.8) is 0 Å². The average Bonchev–Trinajstić information content (AvgIpc) is 2.82. The monoisotopic (exact) mass is 468 g/mol. The van der Waals surface area contributed by atoms with E-state index in [0.717, 1.165) is 36.6 Å². The summed E-state index contributed by atoms with van der Waals surface area (Å²) in [4.78, 5) is 46.9. The van der Waals surface area contributed by atoms with Crippen LogP contribution in [0.2, 0.25) is 5.02 Å². The number of aryl methyl sites for hydroxylation is 1. The molecule has 3 aliphatic rings. The Labute approximate surface area is 199 Å². The van der Waals surface area contributed by atoms with Gasteiger partial charge in [-0.25, -0.2) is 4.79 Å². The van der Waals surface area contributed by atoms with Gasteiger partial charge in [-0.3, -0.25) is 14.5 Å². The molecule has 174 valence electrons. The molecule has 0 radical (unpaired) electrons. The molecule has 0 spiro atoms. The van der Waals surface area contributed by atoms with Gasteiger partial charge in [0.05, 0.1) is 11.6 Å². The Bertz CT molecular complexity index is 1020. The van der Waals surface area contributed by atoms with Gasteiger partial charge in [-0.15, -0.1) is 0 Å². The van der Waals surface area contributed by atoms with Crippen molar-refractivity contribution in [3.05, 3.63) is 53.1 Å². The highest BCUT2D eigenvalue weighted by Gasteiger charge is 2.35. The molecule has 0 aromatic heterocycles. The van der Waals surface area contributed by atoms with Gasteiger partial charge in [0.2, 0.25) is 11.8 Å². The fourth-order valence-electron chi connectivity index (χ4n) is 4.49. The standard InChI is InChI=1S/C25H29ClN4O3/c1-18-10-11-19(26)17-22(18)28-13-15-29(16-14-28)23(31)9-3-2-6-12-30-24(32)20-7-4-5-8-21(20)27-25(30)33/h4-5,7-8,10-11,17,20H,2-3,6,9,12-16H2,1H3. The number of benzene rings is 1. The number of unbranched alkanes of at least 4 members (excludes halogenated alkanes) is 2. The van der Waals surface area contributed by atoms with Crippen LogP contribution in [0.25, 0.3) is 0 Å². The molecule has 2 aliphatic heterocycles. The number of rotatable bonds is 7. The maximum absolute atomic E-state index is 12.6. The second kappa shape index (κ2) is 10.3. The maximum Gasteiger partial charge on any atom is 0.350 e. The van der Waals surface area contributed by atoms with Crippen LogP contribution in [-0.4, -0.2) is 66.1 Å². The van der Waals surface area contributed by atoms with Gasteiger partial charge in [0.15, 0.2) is 0 Å². The van der Waals surface area contributed by atoms with Gasteiger partial charge in [-0.1, -0.05) is 42.3 Å². The van der Waals surface area contributed by atoms with Crippen molar-refractivity contribution in [1.82, 2.24) is 9.80 Å². The lowest BCUT2D eigenvalue weighted by Crippen LogP contribution is -2.49. The summed E-state index contributed by atoms with van der Waals surface area (Å²) in [5.41, 5.74) is 2.83. The molecule has 1 fully saturated rings. The maximum atomic E-state index is 12.6. The molecular weight excluding hydrogens is 440 g/mol. The summed E-state index contributed by atoms with van der Waals surface area (Å²) in [5, 5.41) is 0.723. The van der Waals surface area contributed by atoms with Crippen molar-refractivity contribution in [2.45, 2.75) is 32.6 Å². The van der Waals surface area contributed by atoms with Crippen molar-refractivity contribution in [3.8, 4) is 0 Å². The number of carbonyl (C=O) groups is 3. The molecule has 1 saturated heterocycles. The van der Waals surface area contributed by atoms with Crippen LogP contribution < -0.4 is 4.90 Å². The highest BCUT2D eigenvalue weighted by Crippen LogP contribution is 2.25. The number of fused-ring (bicyclic) bond motifs is 1. The fourth-order valence-corrected chi connectivity index (χ4v) is 4.65. The number of halogens is 1. The Morgan fingerprint density at radius 3 is 2.67 bits per heavy atom. The van der Waals surface area contributed by atoms with Crippen molar-refractivity contribution in [2.75, 3.05) is 37.6 Å².